The molecule has 1 unspecified atom stereocenters. The number of ether oxygens (including phenoxy) is 1. The van der Waals surface area contributed by atoms with Crippen molar-refractivity contribution < 1.29 is 14.6 Å². The molecular weight excluding hydrogens is 324 g/mol. The molecule has 0 aliphatic rings. The summed E-state index contributed by atoms with van der Waals surface area (Å²) < 4.78 is 5.96. The highest BCUT2D eigenvalue weighted by Crippen LogP contribution is 2.14. The second kappa shape index (κ2) is 14.8. The first-order chi connectivity index (χ1) is 12.6. The summed E-state index contributed by atoms with van der Waals surface area (Å²) >= 11 is 0. The van der Waals surface area contributed by atoms with Crippen molar-refractivity contribution in [2.45, 2.75) is 104 Å². The Kier molecular flexibility index (Phi) is 12.9. The normalized spacial score (nSPS) is 12.2. The fourth-order valence-corrected chi connectivity index (χ4v) is 3.19. The van der Waals surface area contributed by atoms with Gasteiger partial charge in [0.15, 0.2) is 0 Å². The lowest BCUT2D eigenvalue weighted by atomic mass is 10.1. The van der Waals surface area contributed by atoms with Crippen LogP contribution in [0.15, 0.2) is 24.3 Å². The molecule has 0 spiro atoms. The molecular formula is C23H38O3. The van der Waals surface area contributed by atoms with Crippen molar-refractivity contribution in [1.82, 2.24) is 0 Å². The van der Waals surface area contributed by atoms with Crippen LogP contribution >= 0.6 is 0 Å². The third-order valence-electron chi connectivity index (χ3n) is 4.87. The van der Waals surface area contributed by atoms with E-state index in [1.165, 1.54) is 57.8 Å². The second-order valence-corrected chi connectivity index (χ2v) is 7.45. The van der Waals surface area contributed by atoms with E-state index < -0.39 is 5.97 Å². The number of carboxylic acids is 1. The van der Waals surface area contributed by atoms with Crippen LogP contribution in [0.4, 0.5) is 0 Å². The lowest BCUT2D eigenvalue weighted by molar-refractivity contribution is -0.136. The molecule has 0 aliphatic carbocycles. The predicted molar refractivity (Wildman–Crippen MR) is 108 cm³/mol. The van der Waals surface area contributed by atoms with Crippen LogP contribution < -0.4 is 0 Å². The molecule has 0 amide bonds. The number of aliphatic carboxylic acids is 1. The van der Waals surface area contributed by atoms with Crippen LogP contribution in [0.25, 0.3) is 0 Å². The summed E-state index contributed by atoms with van der Waals surface area (Å²) in [5.41, 5.74) is 2.20. The number of carbonyl (C=O) groups is 1. The molecule has 0 heterocycles. The molecule has 1 aromatic carbocycles. The first-order valence-electron chi connectivity index (χ1n) is 10.5. The van der Waals surface area contributed by atoms with Gasteiger partial charge < -0.3 is 9.84 Å². The van der Waals surface area contributed by atoms with Crippen LogP contribution in [0.3, 0.4) is 0 Å². The maximum Gasteiger partial charge on any atom is 0.303 e. The molecule has 1 rings (SSSR count). The zero-order chi connectivity index (χ0) is 19.0. The van der Waals surface area contributed by atoms with Gasteiger partial charge in [-0.1, -0.05) is 89.0 Å². The van der Waals surface area contributed by atoms with E-state index in [4.69, 9.17) is 9.84 Å². The summed E-state index contributed by atoms with van der Waals surface area (Å²) in [4.78, 5) is 10.7. The average Bonchev–Trinajstić information content (AvgIpc) is 2.63. The SMILES string of the molecule is CCCCCCCCCCCC(C)OCc1cccc(CCC(=O)O)c1. The van der Waals surface area contributed by atoms with Crippen LogP contribution in [-0.2, 0) is 22.6 Å². The fourth-order valence-electron chi connectivity index (χ4n) is 3.19. The van der Waals surface area contributed by atoms with Crippen molar-refractivity contribution in [1.29, 1.82) is 0 Å². The van der Waals surface area contributed by atoms with E-state index in [0.717, 1.165) is 17.5 Å². The van der Waals surface area contributed by atoms with Crippen LogP contribution in [0.2, 0.25) is 0 Å². The second-order valence-electron chi connectivity index (χ2n) is 7.45. The van der Waals surface area contributed by atoms with Crippen molar-refractivity contribution in [2.24, 2.45) is 0 Å². The molecule has 3 nitrogen and oxygen atoms in total. The summed E-state index contributed by atoms with van der Waals surface area (Å²) in [5, 5.41) is 8.78. The Morgan fingerprint density at radius 1 is 1.00 bits per heavy atom. The van der Waals surface area contributed by atoms with E-state index >= 15 is 0 Å². The third kappa shape index (κ3) is 12.1. The number of aryl methyl sites for hydroxylation is 1. The van der Waals surface area contributed by atoms with Crippen molar-refractivity contribution >= 4 is 5.97 Å². The Bertz CT molecular complexity index is 484. The Morgan fingerprint density at radius 2 is 1.62 bits per heavy atom. The van der Waals surface area contributed by atoms with E-state index in [9.17, 15) is 4.79 Å². The monoisotopic (exact) mass is 362 g/mol. The van der Waals surface area contributed by atoms with Gasteiger partial charge in [0, 0.05) is 6.42 Å². The van der Waals surface area contributed by atoms with Gasteiger partial charge in [-0.05, 0) is 30.9 Å². The van der Waals surface area contributed by atoms with Crippen molar-refractivity contribution in [3.05, 3.63) is 35.4 Å². The van der Waals surface area contributed by atoms with Gasteiger partial charge in [-0.25, -0.2) is 0 Å². The number of hydrogen-bond donors (Lipinski definition) is 1. The Labute approximate surface area is 160 Å². The van der Waals surface area contributed by atoms with Gasteiger partial charge in [-0.2, -0.15) is 0 Å². The fraction of sp³-hybridized carbons (Fsp3) is 0.696. The molecule has 0 saturated heterocycles. The molecule has 148 valence electrons. The Balaban J connectivity index is 2.08. The number of unbranched alkanes of at least 4 members (excludes halogenated alkanes) is 8. The Hall–Kier alpha value is -1.35. The van der Waals surface area contributed by atoms with Gasteiger partial charge >= 0.3 is 5.97 Å². The minimum absolute atomic E-state index is 0.180. The molecule has 0 radical (unpaired) electrons. The van der Waals surface area contributed by atoms with E-state index in [1.807, 2.05) is 12.1 Å². The van der Waals surface area contributed by atoms with Crippen LogP contribution in [0, 0.1) is 0 Å². The summed E-state index contributed by atoms with van der Waals surface area (Å²) in [6, 6.07) is 8.09. The molecule has 1 aromatic rings. The summed E-state index contributed by atoms with van der Waals surface area (Å²) in [5.74, 6) is -0.749. The molecule has 0 aromatic heterocycles. The van der Waals surface area contributed by atoms with Crippen molar-refractivity contribution in [3.63, 3.8) is 0 Å². The maximum atomic E-state index is 10.7. The number of rotatable bonds is 16. The number of carboxylic acid groups (broad SMARTS) is 1. The summed E-state index contributed by atoms with van der Waals surface area (Å²) in [7, 11) is 0. The average molecular weight is 363 g/mol. The van der Waals surface area contributed by atoms with Gasteiger partial charge in [0.05, 0.1) is 12.7 Å². The van der Waals surface area contributed by atoms with E-state index in [1.54, 1.807) is 0 Å². The molecule has 26 heavy (non-hydrogen) atoms. The highest BCUT2D eigenvalue weighted by molar-refractivity contribution is 5.67. The maximum absolute atomic E-state index is 10.7. The molecule has 0 aliphatic heterocycles. The summed E-state index contributed by atoms with van der Waals surface area (Å²) in [6.45, 7) is 5.03. The van der Waals surface area contributed by atoms with Crippen LogP contribution in [0.5, 0.6) is 0 Å². The lowest BCUT2D eigenvalue weighted by Crippen LogP contribution is -2.08. The highest BCUT2D eigenvalue weighted by Gasteiger charge is 2.05. The standard InChI is InChI=1S/C23H38O3/c1-3-4-5-6-7-8-9-10-11-13-20(2)26-19-22-15-12-14-21(18-22)16-17-23(24)25/h12,14-15,18,20H,3-11,13,16-17,19H2,1-2H3,(H,24,25). The minimum Gasteiger partial charge on any atom is -0.481 e. The first-order valence-corrected chi connectivity index (χ1v) is 10.5. The molecule has 1 atom stereocenters. The molecule has 1 N–H and O–H groups in total. The zero-order valence-electron chi connectivity index (χ0n) is 16.8. The van der Waals surface area contributed by atoms with E-state index in [2.05, 4.69) is 26.0 Å². The molecule has 0 bridgehead atoms. The molecule has 0 saturated carbocycles. The van der Waals surface area contributed by atoms with E-state index in [0.29, 0.717) is 13.0 Å². The van der Waals surface area contributed by atoms with Gasteiger partial charge in [-0.15, -0.1) is 0 Å². The smallest absolute Gasteiger partial charge is 0.303 e. The van der Waals surface area contributed by atoms with Crippen molar-refractivity contribution in [2.75, 3.05) is 0 Å². The number of benzene rings is 1. The van der Waals surface area contributed by atoms with Crippen molar-refractivity contribution in [3.8, 4) is 0 Å². The number of hydrogen-bond acceptors (Lipinski definition) is 2. The van der Waals surface area contributed by atoms with Crippen LogP contribution in [-0.4, -0.2) is 17.2 Å². The van der Waals surface area contributed by atoms with Gasteiger partial charge in [0.2, 0.25) is 0 Å². The summed E-state index contributed by atoms with van der Waals surface area (Å²) in [6.07, 6.45) is 14.4. The molecule has 3 heteroatoms. The largest absolute Gasteiger partial charge is 0.481 e. The topological polar surface area (TPSA) is 46.5 Å². The van der Waals surface area contributed by atoms with Gasteiger partial charge in [0.25, 0.3) is 0 Å². The minimum atomic E-state index is -0.749. The Morgan fingerprint density at radius 3 is 2.27 bits per heavy atom. The molecule has 0 fully saturated rings. The quantitative estimate of drug-likeness (QED) is 0.340. The lowest BCUT2D eigenvalue weighted by Gasteiger charge is -2.13. The first kappa shape index (κ1) is 22.7. The van der Waals surface area contributed by atoms with Gasteiger partial charge in [0.1, 0.15) is 0 Å². The third-order valence-corrected chi connectivity index (χ3v) is 4.87. The predicted octanol–water partition coefficient (Wildman–Crippen LogP) is 6.53. The zero-order valence-corrected chi connectivity index (χ0v) is 16.8. The highest BCUT2D eigenvalue weighted by atomic mass is 16.5. The van der Waals surface area contributed by atoms with Crippen LogP contribution in [0.1, 0.15) is 95.6 Å². The van der Waals surface area contributed by atoms with E-state index in [-0.39, 0.29) is 12.5 Å². The van der Waals surface area contributed by atoms with Gasteiger partial charge in [-0.3, -0.25) is 4.79 Å².